The van der Waals surface area contributed by atoms with Crippen LogP contribution >= 0.6 is 0 Å². The van der Waals surface area contributed by atoms with Gasteiger partial charge >= 0.3 is 0 Å². The van der Waals surface area contributed by atoms with Crippen molar-refractivity contribution in [3.63, 3.8) is 0 Å². The minimum atomic E-state index is -0.367. The molecule has 4 heteroatoms. The van der Waals surface area contributed by atoms with Crippen LogP contribution in [0.3, 0.4) is 0 Å². The first kappa shape index (κ1) is 12.4. The van der Waals surface area contributed by atoms with Crippen LogP contribution in [0.2, 0.25) is 0 Å². The summed E-state index contributed by atoms with van der Waals surface area (Å²) in [6.07, 6.45) is 1.87. The van der Waals surface area contributed by atoms with Gasteiger partial charge in [-0.3, -0.25) is 10.1 Å². The van der Waals surface area contributed by atoms with Crippen LogP contribution in [0.25, 0.3) is 6.08 Å². The second-order valence-electron chi connectivity index (χ2n) is 3.98. The Balaban J connectivity index is 3.13. The predicted octanol–water partition coefficient (Wildman–Crippen LogP) is 2.65. The third-order valence-corrected chi connectivity index (χ3v) is 2.54. The summed E-state index contributed by atoms with van der Waals surface area (Å²) in [5.41, 5.74) is 8.33. The maximum Gasteiger partial charge on any atom is 0.272 e. The summed E-state index contributed by atoms with van der Waals surface area (Å²) < 4.78 is 0. The predicted molar refractivity (Wildman–Crippen MR) is 65.1 cm³/mol. The molecule has 0 radical (unpaired) electrons. The lowest BCUT2D eigenvalue weighted by atomic mass is 10.1. The number of hydrogen-bond donors (Lipinski definition) is 1. The van der Waals surface area contributed by atoms with Crippen molar-refractivity contribution < 1.29 is 4.92 Å². The van der Waals surface area contributed by atoms with E-state index in [0.717, 1.165) is 11.1 Å². The maximum absolute atomic E-state index is 10.8. The monoisotopic (exact) mass is 220 g/mol. The lowest BCUT2D eigenvalue weighted by Crippen LogP contribution is -2.15. The third-order valence-electron chi connectivity index (χ3n) is 2.54. The third kappa shape index (κ3) is 2.90. The van der Waals surface area contributed by atoms with Crippen LogP contribution in [0.5, 0.6) is 0 Å². The molecule has 1 rings (SSSR count). The lowest BCUT2D eigenvalue weighted by molar-refractivity contribution is -0.385. The summed E-state index contributed by atoms with van der Waals surface area (Å²) in [7, 11) is 0. The Morgan fingerprint density at radius 1 is 1.56 bits per heavy atom. The van der Waals surface area contributed by atoms with Gasteiger partial charge in [-0.1, -0.05) is 23.8 Å². The number of rotatable bonds is 3. The van der Waals surface area contributed by atoms with Gasteiger partial charge in [0.1, 0.15) is 0 Å². The second-order valence-corrected chi connectivity index (χ2v) is 3.98. The molecule has 0 saturated carbocycles. The summed E-state index contributed by atoms with van der Waals surface area (Å²) in [5.74, 6) is 0. The Labute approximate surface area is 94.9 Å². The van der Waals surface area contributed by atoms with Crippen LogP contribution in [0, 0.1) is 17.0 Å². The highest BCUT2D eigenvalue weighted by atomic mass is 16.6. The van der Waals surface area contributed by atoms with E-state index in [4.69, 9.17) is 5.73 Å². The zero-order chi connectivity index (χ0) is 12.3. The van der Waals surface area contributed by atoms with Crippen molar-refractivity contribution in [3.8, 4) is 0 Å². The molecule has 0 spiro atoms. The van der Waals surface area contributed by atoms with Gasteiger partial charge in [-0.2, -0.15) is 0 Å². The minimum Gasteiger partial charge on any atom is -0.324 e. The van der Waals surface area contributed by atoms with Gasteiger partial charge in [0.25, 0.3) is 5.69 Å². The van der Waals surface area contributed by atoms with Gasteiger partial charge in [0.2, 0.25) is 0 Å². The fraction of sp³-hybridized carbons (Fsp3) is 0.333. The van der Waals surface area contributed by atoms with Crippen molar-refractivity contribution in [1.82, 2.24) is 0 Å². The van der Waals surface area contributed by atoms with Gasteiger partial charge in [0.05, 0.1) is 4.92 Å². The molecule has 1 aromatic rings. The molecule has 0 aliphatic carbocycles. The van der Waals surface area contributed by atoms with E-state index in [2.05, 4.69) is 0 Å². The van der Waals surface area contributed by atoms with Gasteiger partial charge < -0.3 is 5.73 Å². The molecule has 0 aromatic heterocycles. The highest BCUT2D eigenvalue weighted by Crippen LogP contribution is 2.21. The van der Waals surface area contributed by atoms with Crippen LogP contribution in [-0.4, -0.2) is 11.0 Å². The zero-order valence-electron chi connectivity index (χ0n) is 9.73. The van der Waals surface area contributed by atoms with E-state index >= 15 is 0 Å². The SMILES string of the molecule is C/C(=C\c1ccc(C)c([N+](=O)[O-])c1)C(C)N. The number of aryl methyl sites for hydroxylation is 1. The number of nitrogens with two attached hydrogens (primary N) is 1. The van der Waals surface area contributed by atoms with E-state index in [0.29, 0.717) is 5.56 Å². The molecule has 0 heterocycles. The maximum atomic E-state index is 10.8. The molecule has 0 amide bonds. The van der Waals surface area contributed by atoms with Gasteiger partial charge in [0, 0.05) is 17.7 Å². The average molecular weight is 220 g/mol. The molecule has 0 bridgehead atoms. The van der Waals surface area contributed by atoms with Crippen LogP contribution in [0.4, 0.5) is 5.69 Å². The van der Waals surface area contributed by atoms with Crippen molar-refractivity contribution in [1.29, 1.82) is 0 Å². The Morgan fingerprint density at radius 2 is 2.19 bits per heavy atom. The van der Waals surface area contributed by atoms with Crippen molar-refractivity contribution in [3.05, 3.63) is 45.0 Å². The van der Waals surface area contributed by atoms with Crippen molar-refractivity contribution >= 4 is 11.8 Å². The molecule has 2 N–H and O–H groups in total. The molecular weight excluding hydrogens is 204 g/mol. The van der Waals surface area contributed by atoms with Gasteiger partial charge in [-0.05, 0) is 26.3 Å². The topological polar surface area (TPSA) is 69.2 Å². The first-order valence-electron chi connectivity index (χ1n) is 5.10. The normalized spacial score (nSPS) is 13.6. The summed E-state index contributed by atoms with van der Waals surface area (Å²) in [6.45, 7) is 5.52. The van der Waals surface area contributed by atoms with E-state index in [1.54, 1.807) is 19.1 Å². The highest BCUT2D eigenvalue weighted by molar-refractivity contribution is 5.58. The smallest absolute Gasteiger partial charge is 0.272 e. The molecule has 16 heavy (non-hydrogen) atoms. The first-order chi connectivity index (χ1) is 7.41. The zero-order valence-corrected chi connectivity index (χ0v) is 9.73. The number of hydrogen-bond acceptors (Lipinski definition) is 3. The summed E-state index contributed by atoms with van der Waals surface area (Å²) in [6, 6.07) is 5.13. The first-order valence-corrected chi connectivity index (χ1v) is 5.10. The Kier molecular flexibility index (Phi) is 3.79. The number of benzene rings is 1. The number of nitro groups is 1. The molecular formula is C12H16N2O2. The van der Waals surface area contributed by atoms with Gasteiger partial charge in [0.15, 0.2) is 0 Å². The molecule has 0 aliphatic rings. The number of nitro benzene ring substituents is 1. The molecule has 1 atom stereocenters. The Hall–Kier alpha value is -1.68. The Bertz CT molecular complexity index is 437. The molecule has 4 nitrogen and oxygen atoms in total. The quantitative estimate of drug-likeness (QED) is 0.628. The minimum absolute atomic E-state index is 0.0413. The second kappa shape index (κ2) is 4.90. The molecule has 0 fully saturated rings. The van der Waals surface area contributed by atoms with Crippen LogP contribution < -0.4 is 5.73 Å². The van der Waals surface area contributed by atoms with Gasteiger partial charge in [-0.15, -0.1) is 0 Å². The molecule has 0 aliphatic heterocycles. The van der Waals surface area contributed by atoms with E-state index in [1.165, 1.54) is 0 Å². The molecule has 1 aromatic carbocycles. The summed E-state index contributed by atoms with van der Waals surface area (Å²) >= 11 is 0. The summed E-state index contributed by atoms with van der Waals surface area (Å²) in [4.78, 5) is 10.4. The van der Waals surface area contributed by atoms with E-state index in [9.17, 15) is 10.1 Å². The molecule has 1 unspecified atom stereocenters. The largest absolute Gasteiger partial charge is 0.324 e. The highest BCUT2D eigenvalue weighted by Gasteiger charge is 2.10. The Morgan fingerprint density at radius 3 is 2.69 bits per heavy atom. The average Bonchev–Trinajstić information content (AvgIpc) is 2.20. The standard InChI is InChI=1S/C12H16N2O2/c1-8-4-5-11(6-9(2)10(3)13)7-12(8)14(15)16/h4-7,10H,13H2,1-3H3/b9-6+. The number of nitrogens with zero attached hydrogens (tertiary/aromatic N) is 1. The van der Waals surface area contributed by atoms with Crippen LogP contribution in [0.15, 0.2) is 23.8 Å². The van der Waals surface area contributed by atoms with Gasteiger partial charge in [-0.25, -0.2) is 0 Å². The van der Waals surface area contributed by atoms with Crippen LogP contribution in [0.1, 0.15) is 25.0 Å². The van der Waals surface area contributed by atoms with Crippen LogP contribution in [-0.2, 0) is 0 Å². The lowest BCUT2D eigenvalue weighted by Gasteiger charge is -2.05. The van der Waals surface area contributed by atoms with Crippen molar-refractivity contribution in [2.75, 3.05) is 0 Å². The fourth-order valence-electron chi connectivity index (χ4n) is 1.31. The van der Waals surface area contributed by atoms with E-state index in [1.807, 2.05) is 26.0 Å². The molecule has 86 valence electrons. The van der Waals surface area contributed by atoms with Crippen molar-refractivity contribution in [2.24, 2.45) is 5.73 Å². The van der Waals surface area contributed by atoms with Crippen molar-refractivity contribution in [2.45, 2.75) is 26.8 Å². The van der Waals surface area contributed by atoms with E-state index in [-0.39, 0.29) is 16.7 Å². The summed E-state index contributed by atoms with van der Waals surface area (Å²) in [5, 5.41) is 10.8. The molecule has 0 saturated heterocycles. The fourth-order valence-corrected chi connectivity index (χ4v) is 1.31. The van der Waals surface area contributed by atoms with E-state index < -0.39 is 0 Å².